The summed E-state index contributed by atoms with van der Waals surface area (Å²) in [6.07, 6.45) is 10.1. The zero-order valence-corrected chi connectivity index (χ0v) is 8.75. The first-order chi connectivity index (χ1) is 5.76. The second-order valence-corrected chi connectivity index (χ2v) is 3.26. The van der Waals surface area contributed by atoms with Crippen molar-refractivity contribution in [2.75, 3.05) is 5.88 Å². The molecule has 0 aromatic heterocycles. The molecule has 0 radical (unpaired) electrons. The summed E-state index contributed by atoms with van der Waals surface area (Å²) < 4.78 is 0. The van der Waals surface area contributed by atoms with Crippen molar-refractivity contribution in [1.82, 2.24) is 0 Å². The van der Waals surface area contributed by atoms with Crippen molar-refractivity contribution in [2.24, 2.45) is 0 Å². The van der Waals surface area contributed by atoms with E-state index in [2.05, 4.69) is 12.8 Å². The van der Waals surface area contributed by atoms with Crippen LogP contribution in [0.25, 0.3) is 0 Å². The minimum Gasteiger partial charge on any atom is -0.122 e. The van der Waals surface area contributed by atoms with Gasteiger partial charge >= 0.3 is 0 Å². The maximum absolute atomic E-state index is 5.68. The minimum atomic E-state index is 0.561. The number of terminal acetylenes is 1. The molecule has 0 heterocycles. The standard InChI is InChI=1S/C11H17Cl/c1-4-6-7-8-11(5-2)10(3)9-12/h2H,4,6-9H2,1,3H3. The molecule has 0 unspecified atom stereocenters. The van der Waals surface area contributed by atoms with Gasteiger partial charge in [0.25, 0.3) is 0 Å². The number of hydrogen-bond acceptors (Lipinski definition) is 0. The third kappa shape index (κ3) is 4.46. The molecule has 0 bridgehead atoms. The van der Waals surface area contributed by atoms with Crippen molar-refractivity contribution in [3.63, 3.8) is 0 Å². The minimum absolute atomic E-state index is 0.561. The van der Waals surface area contributed by atoms with Gasteiger partial charge < -0.3 is 0 Å². The molecule has 12 heavy (non-hydrogen) atoms. The van der Waals surface area contributed by atoms with Gasteiger partial charge in [0.05, 0.1) is 0 Å². The highest BCUT2D eigenvalue weighted by Crippen LogP contribution is 2.13. The fraction of sp³-hybridized carbons (Fsp3) is 0.636. The van der Waals surface area contributed by atoms with Crippen LogP contribution >= 0.6 is 11.6 Å². The number of halogens is 1. The van der Waals surface area contributed by atoms with Crippen LogP contribution in [-0.4, -0.2) is 5.88 Å². The van der Waals surface area contributed by atoms with E-state index < -0.39 is 0 Å². The van der Waals surface area contributed by atoms with E-state index in [1.54, 1.807) is 0 Å². The predicted molar refractivity (Wildman–Crippen MR) is 56.4 cm³/mol. The maximum Gasteiger partial charge on any atom is 0.0442 e. The number of alkyl halides is 1. The van der Waals surface area contributed by atoms with Crippen molar-refractivity contribution < 1.29 is 0 Å². The summed E-state index contributed by atoms with van der Waals surface area (Å²) in [6.45, 7) is 4.20. The molecule has 0 rings (SSSR count). The molecular weight excluding hydrogens is 168 g/mol. The van der Waals surface area contributed by atoms with Crippen molar-refractivity contribution in [3.8, 4) is 12.3 Å². The normalized spacial score (nSPS) is 12.2. The Morgan fingerprint density at radius 1 is 1.42 bits per heavy atom. The van der Waals surface area contributed by atoms with Gasteiger partial charge in [-0.15, -0.1) is 18.0 Å². The molecule has 0 spiro atoms. The fourth-order valence-corrected chi connectivity index (χ4v) is 1.20. The van der Waals surface area contributed by atoms with Crippen LogP contribution in [0.2, 0.25) is 0 Å². The lowest BCUT2D eigenvalue weighted by Gasteiger charge is -2.02. The van der Waals surface area contributed by atoms with E-state index in [-0.39, 0.29) is 0 Å². The molecule has 0 aliphatic heterocycles. The van der Waals surface area contributed by atoms with Crippen LogP contribution in [0.3, 0.4) is 0 Å². The summed E-state index contributed by atoms with van der Waals surface area (Å²) in [6, 6.07) is 0. The van der Waals surface area contributed by atoms with E-state index in [0.717, 1.165) is 17.6 Å². The average Bonchev–Trinajstić information content (AvgIpc) is 2.11. The highest BCUT2D eigenvalue weighted by Gasteiger charge is 1.97. The summed E-state index contributed by atoms with van der Waals surface area (Å²) in [7, 11) is 0. The van der Waals surface area contributed by atoms with Gasteiger partial charge in [-0.2, -0.15) is 0 Å². The van der Waals surface area contributed by atoms with Crippen molar-refractivity contribution in [3.05, 3.63) is 11.1 Å². The molecule has 0 saturated heterocycles. The second-order valence-electron chi connectivity index (χ2n) is 2.99. The number of rotatable bonds is 5. The van der Waals surface area contributed by atoms with E-state index >= 15 is 0 Å². The van der Waals surface area contributed by atoms with Crippen LogP contribution in [0, 0.1) is 12.3 Å². The van der Waals surface area contributed by atoms with Gasteiger partial charge in [-0.3, -0.25) is 0 Å². The monoisotopic (exact) mass is 184 g/mol. The third-order valence-corrected chi connectivity index (χ3v) is 2.32. The molecule has 0 aliphatic rings. The van der Waals surface area contributed by atoms with Gasteiger partial charge in [0.15, 0.2) is 0 Å². The quantitative estimate of drug-likeness (QED) is 0.347. The second kappa shape index (κ2) is 7.25. The Morgan fingerprint density at radius 3 is 2.50 bits per heavy atom. The number of hydrogen-bond donors (Lipinski definition) is 0. The van der Waals surface area contributed by atoms with E-state index in [0.29, 0.717) is 5.88 Å². The van der Waals surface area contributed by atoms with Gasteiger partial charge in [-0.05, 0) is 25.3 Å². The number of allylic oxidation sites excluding steroid dienone is 2. The Balaban J connectivity index is 3.94. The van der Waals surface area contributed by atoms with Gasteiger partial charge in [-0.1, -0.05) is 25.7 Å². The van der Waals surface area contributed by atoms with E-state index in [9.17, 15) is 0 Å². The van der Waals surface area contributed by atoms with Gasteiger partial charge in [0.1, 0.15) is 0 Å². The molecule has 0 nitrogen and oxygen atoms in total. The molecule has 0 atom stereocenters. The van der Waals surface area contributed by atoms with Crippen LogP contribution in [0.4, 0.5) is 0 Å². The Morgan fingerprint density at radius 2 is 2.08 bits per heavy atom. The summed E-state index contributed by atoms with van der Waals surface area (Å²) >= 11 is 5.68. The lowest BCUT2D eigenvalue weighted by Crippen LogP contribution is -1.88. The van der Waals surface area contributed by atoms with E-state index in [1.807, 2.05) is 6.92 Å². The topological polar surface area (TPSA) is 0 Å². The highest BCUT2D eigenvalue weighted by atomic mass is 35.5. The zero-order chi connectivity index (χ0) is 9.40. The summed E-state index contributed by atoms with van der Waals surface area (Å²) in [5.41, 5.74) is 2.24. The fourth-order valence-electron chi connectivity index (χ4n) is 1.04. The molecule has 0 aromatic carbocycles. The predicted octanol–water partition coefficient (Wildman–Crippen LogP) is 3.76. The van der Waals surface area contributed by atoms with Crippen molar-refractivity contribution in [2.45, 2.75) is 39.5 Å². The first kappa shape index (κ1) is 11.6. The largest absolute Gasteiger partial charge is 0.122 e. The summed E-state index contributed by atoms with van der Waals surface area (Å²) in [5.74, 6) is 3.27. The first-order valence-corrected chi connectivity index (χ1v) is 5.00. The van der Waals surface area contributed by atoms with Crippen LogP contribution < -0.4 is 0 Å². The van der Waals surface area contributed by atoms with Crippen LogP contribution in [0.15, 0.2) is 11.1 Å². The van der Waals surface area contributed by atoms with Gasteiger partial charge in [-0.25, -0.2) is 0 Å². The van der Waals surface area contributed by atoms with E-state index in [4.69, 9.17) is 18.0 Å². The Bertz CT molecular complexity index is 184. The zero-order valence-electron chi connectivity index (χ0n) is 7.99. The molecule has 0 aliphatic carbocycles. The summed E-state index contributed by atoms with van der Waals surface area (Å²) in [4.78, 5) is 0. The summed E-state index contributed by atoms with van der Waals surface area (Å²) in [5, 5.41) is 0. The van der Waals surface area contributed by atoms with Gasteiger partial charge in [0.2, 0.25) is 0 Å². The van der Waals surface area contributed by atoms with Crippen LogP contribution in [0.1, 0.15) is 39.5 Å². The SMILES string of the molecule is C#CC(CCCCC)=C(C)CCl. The van der Waals surface area contributed by atoms with Crippen molar-refractivity contribution in [1.29, 1.82) is 0 Å². The first-order valence-electron chi connectivity index (χ1n) is 4.47. The average molecular weight is 185 g/mol. The Kier molecular flexibility index (Phi) is 7.00. The van der Waals surface area contributed by atoms with Crippen LogP contribution in [-0.2, 0) is 0 Å². The number of unbranched alkanes of at least 4 members (excludes halogenated alkanes) is 2. The van der Waals surface area contributed by atoms with Crippen LogP contribution in [0.5, 0.6) is 0 Å². The highest BCUT2D eigenvalue weighted by molar-refractivity contribution is 6.19. The van der Waals surface area contributed by atoms with Crippen molar-refractivity contribution >= 4 is 11.6 Å². The lowest BCUT2D eigenvalue weighted by atomic mass is 10.0. The molecule has 0 aromatic rings. The molecule has 0 N–H and O–H groups in total. The smallest absolute Gasteiger partial charge is 0.0442 e. The lowest BCUT2D eigenvalue weighted by molar-refractivity contribution is 0.718. The Labute approximate surface area is 81.0 Å². The molecule has 0 amide bonds. The molecule has 0 fully saturated rings. The van der Waals surface area contributed by atoms with E-state index in [1.165, 1.54) is 19.3 Å². The molecule has 68 valence electrons. The maximum atomic E-state index is 5.68. The molecular formula is C11H17Cl. The molecule has 1 heteroatoms. The molecule has 0 saturated carbocycles. The third-order valence-electron chi connectivity index (χ3n) is 1.92. The van der Waals surface area contributed by atoms with Gasteiger partial charge in [0, 0.05) is 11.5 Å². The Hall–Kier alpha value is -0.410.